The zero-order valence-corrected chi connectivity index (χ0v) is 16.8. The molecule has 1 amide bonds. The molecule has 0 aromatic carbocycles. The Morgan fingerprint density at radius 3 is 2.52 bits per heavy atom. The second kappa shape index (κ2) is 7.62. The van der Waals surface area contributed by atoms with Gasteiger partial charge in [0.1, 0.15) is 5.65 Å². The van der Waals surface area contributed by atoms with Gasteiger partial charge in [-0.25, -0.2) is 4.98 Å². The first kappa shape index (κ1) is 18.5. The Hall–Kier alpha value is -1.89. The lowest BCUT2D eigenvalue weighted by Gasteiger charge is -2.20. The van der Waals surface area contributed by atoms with Gasteiger partial charge in [-0.2, -0.15) is 4.98 Å². The van der Waals surface area contributed by atoms with Crippen molar-refractivity contribution in [3.8, 4) is 0 Å². The maximum atomic E-state index is 12.7. The number of hydrogen-bond acceptors (Lipinski definition) is 5. The molecule has 4 rings (SSSR count). The highest BCUT2D eigenvalue weighted by Crippen LogP contribution is 2.39. The van der Waals surface area contributed by atoms with E-state index in [0.29, 0.717) is 22.3 Å². The maximum Gasteiger partial charge on any atom is 0.283 e. The average Bonchev–Trinajstić information content (AvgIpc) is 3.45. The molecule has 2 aromatic heterocycles. The fraction of sp³-hybridized carbons (Fsp3) is 0.600. The van der Waals surface area contributed by atoms with Crippen molar-refractivity contribution in [3.63, 3.8) is 0 Å². The molecule has 6 nitrogen and oxygen atoms in total. The number of amides is 1. The van der Waals surface area contributed by atoms with Gasteiger partial charge in [-0.3, -0.25) is 9.59 Å². The number of carbonyl (C=O) groups excluding carboxylic acids is 1. The van der Waals surface area contributed by atoms with Crippen molar-refractivity contribution in [2.45, 2.75) is 63.6 Å². The highest BCUT2D eigenvalue weighted by molar-refractivity contribution is 7.99. The molecule has 1 aliphatic carbocycles. The van der Waals surface area contributed by atoms with Crippen LogP contribution in [0.2, 0.25) is 0 Å². The Labute approximate surface area is 163 Å². The molecule has 144 valence electrons. The fourth-order valence-electron chi connectivity index (χ4n) is 3.84. The van der Waals surface area contributed by atoms with E-state index in [4.69, 9.17) is 0 Å². The molecule has 1 saturated heterocycles. The molecule has 27 heavy (non-hydrogen) atoms. The van der Waals surface area contributed by atoms with E-state index in [1.807, 2.05) is 24.8 Å². The largest absolute Gasteiger partial charge is 0.342 e. The third kappa shape index (κ3) is 3.88. The second-order valence-corrected chi connectivity index (χ2v) is 8.61. The molecule has 1 saturated carbocycles. The van der Waals surface area contributed by atoms with Crippen LogP contribution in [-0.2, 0) is 4.79 Å². The number of pyridine rings is 1. The molecule has 0 N–H and O–H groups in total. The molecule has 0 spiro atoms. The number of carbonyl (C=O) groups is 1. The summed E-state index contributed by atoms with van der Waals surface area (Å²) < 4.78 is 2.09. The SMILES string of the molecule is Cc1cc(C)c2c(=O)nc(SCC(=O)N3CCCCCC3)n(C3CC3)c2n1. The van der Waals surface area contributed by atoms with Crippen LogP contribution < -0.4 is 5.56 Å². The summed E-state index contributed by atoms with van der Waals surface area (Å²) in [5, 5.41) is 1.24. The Balaban J connectivity index is 1.64. The lowest BCUT2D eigenvalue weighted by molar-refractivity contribution is -0.128. The Kier molecular flexibility index (Phi) is 5.21. The van der Waals surface area contributed by atoms with Crippen LogP contribution in [0.5, 0.6) is 0 Å². The van der Waals surface area contributed by atoms with E-state index >= 15 is 0 Å². The molecule has 3 heterocycles. The van der Waals surface area contributed by atoms with E-state index in [2.05, 4.69) is 14.5 Å². The monoisotopic (exact) mass is 386 g/mol. The van der Waals surface area contributed by atoms with Gasteiger partial charge in [-0.15, -0.1) is 0 Å². The third-order valence-corrected chi connectivity index (χ3v) is 6.30. The highest BCUT2D eigenvalue weighted by atomic mass is 32.2. The fourth-order valence-corrected chi connectivity index (χ4v) is 4.80. The highest BCUT2D eigenvalue weighted by Gasteiger charge is 2.29. The Bertz CT molecular complexity index is 928. The number of hydrogen-bond donors (Lipinski definition) is 0. The van der Waals surface area contributed by atoms with Crippen LogP contribution in [0.4, 0.5) is 0 Å². The molecule has 0 radical (unpaired) electrons. The van der Waals surface area contributed by atoms with Crippen molar-refractivity contribution in [2.75, 3.05) is 18.8 Å². The maximum absolute atomic E-state index is 12.7. The lowest BCUT2D eigenvalue weighted by atomic mass is 10.2. The molecule has 2 aromatic rings. The first-order chi connectivity index (χ1) is 13.0. The number of thioether (sulfide) groups is 1. The van der Waals surface area contributed by atoms with Gasteiger partial charge in [0.05, 0.1) is 11.1 Å². The zero-order valence-electron chi connectivity index (χ0n) is 16.0. The summed E-state index contributed by atoms with van der Waals surface area (Å²) in [6, 6.07) is 2.27. The smallest absolute Gasteiger partial charge is 0.283 e. The van der Waals surface area contributed by atoms with Gasteiger partial charge >= 0.3 is 0 Å². The number of aryl methyl sites for hydroxylation is 2. The number of nitrogens with zero attached hydrogens (tertiary/aromatic N) is 4. The third-order valence-electron chi connectivity index (χ3n) is 5.37. The molecule has 0 bridgehead atoms. The molecular formula is C20H26N4O2S. The van der Waals surface area contributed by atoms with E-state index < -0.39 is 0 Å². The second-order valence-electron chi connectivity index (χ2n) is 7.66. The van der Waals surface area contributed by atoms with Gasteiger partial charge in [0.25, 0.3) is 5.56 Å². The van der Waals surface area contributed by atoms with Crippen LogP contribution >= 0.6 is 11.8 Å². The van der Waals surface area contributed by atoms with Gasteiger partial charge in [0.2, 0.25) is 5.91 Å². The van der Waals surface area contributed by atoms with Crippen LogP contribution in [0.15, 0.2) is 16.0 Å². The zero-order chi connectivity index (χ0) is 19.0. The predicted molar refractivity (Wildman–Crippen MR) is 107 cm³/mol. The number of rotatable bonds is 4. The Morgan fingerprint density at radius 2 is 1.85 bits per heavy atom. The van der Waals surface area contributed by atoms with Gasteiger partial charge < -0.3 is 9.47 Å². The summed E-state index contributed by atoms with van der Waals surface area (Å²) in [5.74, 6) is 0.474. The molecule has 0 unspecified atom stereocenters. The summed E-state index contributed by atoms with van der Waals surface area (Å²) in [6.45, 7) is 5.58. The van der Waals surface area contributed by atoms with Crippen LogP contribution in [-0.4, -0.2) is 44.2 Å². The van der Waals surface area contributed by atoms with Crippen molar-refractivity contribution in [2.24, 2.45) is 0 Å². The summed E-state index contributed by atoms with van der Waals surface area (Å²) in [6.07, 6.45) is 6.72. The first-order valence-corrected chi connectivity index (χ1v) is 10.8. The van der Waals surface area contributed by atoms with Gasteiger partial charge in [-0.05, 0) is 51.2 Å². The van der Waals surface area contributed by atoms with E-state index in [0.717, 1.165) is 55.7 Å². The Morgan fingerprint density at radius 1 is 1.15 bits per heavy atom. The van der Waals surface area contributed by atoms with E-state index in [-0.39, 0.29) is 11.5 Å². The average molecular weight is 387 g/mol. The minimum Gasteiger partial charge on any atom is -0.342 e. The summed E-state index contributed by atoms with van der Waals surface area (Å²) in [4.78, 5) is 36.3. The summed E-state index contributed by atoms with van der Waals surface area (Å²) in [7, 11) is 0. The number of likely N-dealkylation sites (tertiary alicyclic amines) is 1. The van der Waals surface area contributed by atoms with Crippen molar-refractivity contribution in [3.05, 3.63) is 27.7 Å². The molecule has 0 atom stereocenters. The quantitative estimate of drug-likeness (QED) is 0.596. The minimum absolute atomic E-state index is 0.145. The lowest BCUT2D eigenvalue weighted by Crippen LogP contribution is -2.33. The molecular weight excluding hydrogens is 360 g/mol. The van der Waals surface area contributed by atoms with E-state index in [1.165, 1.54) is 24.6 Å². The number of fused-ring (bicyclic) bond motifs is 1. The number of aromatic nitrogens is 3. The summed E-state index contributed by atoms with van der Waals surface area (Å²) in [5.41, 5.74) is 2.30. The molecule has 2 aliphatic rings. The van der Waals surface area contributed by atoms with Crippen LogP contribution in [0, 0.1) is 13.8 Å². The normalized spacial score (nSPS) is 17.9. The predicted octanol–water partition coefficient (Wildman–Crippen LogP) is 3.24. The van der Waals surface area contributed by atoms with Gasteiger partial charge in [0, 0.05) is 24.8 Å². The topological polar surface area (TPSA) is 68.1 Å². The molecule has 1 aliphatic heterocycles. The molecule has 7 heteroatoms. The van der Waals surface area contributed by atoms with Crippen LogP contribution in [0.3, 0.4) is 0 Å². The van der Waals surface area contributed by atoms with E-state index in [1.54, 1.807) is 0 Å². The van der Waals surface area contributed by atoms with E-state index in [9.17, 15) is 9.59 Å². The first-order valence-electron chi connectivity index (χ1n) is 9.85. The standard InChI is InChI=1S/C20H26N4O2S/c1-13-11-14(2)21-18-17(13)19(26)22-20(24(18)15-7-8-15)27-12-16(25)23-9-5-3-4-6-10-23/h11,15H,3-10,12H2,1-2H3. The van der Waals surface area contributed by atoms with Crippen molar-refractivity contribution < 1.29 is 4.79 Å². The summed E-state index contributed by atoms with van der Waals surface area (Å²) >= 11 is 1.39. The molecule has 2 fully saturated rings. The van der Waals surface area contributed by atoms with Crippen molar-refractivity contribution >= 4 is 28.7 Å². The minimum atomic E-state index is -0.239. The van der Waals surface area contributed by atoms with Crippen LogP contribution in [0.1, 0.15) is 55.8 Å². The van der Waals surface area contributed by atoms with Crippen molar-refractivity contribution in [1.29, 1.82) is 0 Å². The van der Waals surface area contributed by atoms with Gasteiger partial charge in [-0.1, -0.05) is 24.6 Å². The van der Waals surface area contributed by atoms with Gasteiger partial charge in [0.15, 0.2) is 5.16 Å². The van der Waals surface area contributed by atoms with Crippen LogP contribution in [0.25, 0.3) is 11.0 Å². The van der Waals surface area contributed by atoms with Crippen molar-refractivity contribution in [1.82, 2.24) is 19.4 Å².